The lowest BCUT2D eigenvalue weighted by Gasteiger charge is -2.28. The van der Waals surface area contributed by atoms with E-state index >= 15 is 0 Å². The van der Waals surface area contributed by atoms with Crippen LogP contribution in [0.1, 0.15) is 5.56 Å². The second kappa shape index (κ2) is 5.10. The standard InChI is InChI=1S/C12H11N3O2S/c1-18-10-4-2-3-9(8(10)5-13)15-6-11(16)14-12(17)7-15/h2-4H,6-7H2,1H3,(H,14,16,17). The van der Waals surface area contributed by atoms with E-state index in [9.17, 15) is 14.9 Å². The Morgan fingerprint density at radius 2 is 2.00 bits per heavy atom. The van der Waals surface area contributed by atoms with E-state index in [4.69, 9.17) is 0 Å². The summed E-state index contributed by atoms with van der Waals surface area (Å²) >= 11 is 1.47. The maximum Gasteiger partial charge on any atom is 0.246 e. The smallest absolute Gasteiger partial charge is 0.246 e. The van der Waals surface area contributed by atoms with Crippen LogP contribution in [-0.2, 0) is 9.59 Å². The lowest BCUT2D eigenvalue weighted by atomic mass is 10.1. The SMILES string of the molecule is CSc1cccc(N2CC(=O)NC(=O)C2)c1C#N. The molecule has 0 aliphatic carbocycles. The average molecular weight is 261 g/mol. The monoisotopic (exact) mass is 261 g/mol. The molecule has 2 rings (SSSR count). The van der Waals surface area contributed by atoms with E-state index < -0.39 is 0 Å². The van der Waals surface area contributed by atoms with E-state index in [0.29, 0.717) is 11.3 Å². The van der Waals surface area contributed by atoms with Gasteiger partial charge < -0.3 is 4.90 Å². The van der Waals surface area contributed by atoms with Crippen molar-refractivity contribution in [3.63, 3.8) is 0 Å². The Morgan fingerprint density at radius 3 is 2.56 bits per heavy atom. The van der Waals surface area contributed by atoms with Crippen molar-refractivity contribution in [2.45, 2.75) is 4.90 Å². The molecule has 0 unspecified atom stereocenters. The molecule has 1 aromatic carbocycles. The normalized spacial score (nSPS) is 15.2. The van der Waals surface area contributed by atoms with Crippen LogP contribution < -0.4 is 10.2 Å². The summed E-state index contributed by atoms with van der Waals surface area (Å²) in [5, 5.41) is 11.5. The first-order valence-corrected chi connectivity index (χ1v) is 6.53. The maximum atomic E-state index is 11.3. The fraction of sp³-hybridized carbons (Fsp3) is 0.250. The molecule has 1 aliphatic rings. The fourth-order valence-electron chi connectivity index (χ4n) is 1.87. The molecule has 1 aliphatic heterocycles. The van der Waals surface area contributed by atoms with E-state index in [-0.39, 0.29) is 24.9 Å². The van der Waals surface area contributed by atoms with Crippen molar-refractivity contribution >= 4 is 29.3 Å². The van der Waals surface area contributed by atoms with Crippen molar-refractivity contribution < 1.29 is 9.59 Å². The molecule has 0 saturated carbocycles. The van der Waals surface area contributed by atoms with Gasteiger partial charge in [0.15, 0.2) is 0 Å². The van der Waals surface area contributed by atoms with Crippen LogP contribution in [0.5, 0.6) is 0 Å². The van der Waals surface area contributed by atoms with E-state index in [1.165, 1.54) is 11.8 Å². The van der Waals surface area contributed by atoms with Gasteiger partial charge in [-0.15, -0.1) is 11.8 Å². The summed E-state index contributed by atoms with van der Waals surface area (Å²) in [6.45, 7) is 0.191. The number of rotatable bonds is 2. The number of thioether (sulfide) groups is 1. The van der Waals surface area contributed by atoms with E-state index in [0.717, 1.165) is 4.90 Å². The van der Waals surface area contributed by atoms with Crippen LogP contribution in [0.4, 0.5) is 5.69 Å². The quantitative estimate of drug-likeness (QED) is 0.628. The van der Waals surface area contributed by atoms with Gasteiger partial charge in [0.25, 0.3) is 0 Å². The van der Waals surface area contributed by atoms with Gasteiger partial charge in [-0.25, -0.2) is 0 Å². The minimum atomic E-state index is -0.343. The highest BCUT2D eigenvalue weighted by Crippen LogP contribution is 2.29. The summed E-state index contributed by atoms with van der Waals surface area (Å²) in [4.78, 5) is 25.2. The lowest BCUT2D eigenvalue weighted by molar-refractivity contribution is -0.130. The maximum absolute atomic E-state index is 11.3. The number of nitriles is 1. The molecule has 1 fully saturated rings. The Hall–Kier alpha value is -2.00. The van der Waals surface area contributed by atoms with Crippen molar-refractivity contribution in [3.8, 4) is 6.07 Å². The Morgan fingerprint density at radius 1 is 1.33 bits per heavy atom. The molecule has 18 heavy (non-hydrogen) atoms. The van der Waals surface area contributed by atoms with Gasteiger partial charge in [-0.3, -0.25) is 14.9 Å². The first-order chi connectivity index (χ1) is 8.65. The first kappa shape index (κ1) is 12.5. The van der Waals surface area contributed by atoms with E-state index in [2.05, 4.69) is 11.4 Å². The zero-order valence-corrected chi connectivity index (χ0v) is 10.6. The van der Waals surface area contributed by atoms with Gasteiger partial charge in [0.05, 0.1) is 24.3 Å². The first-order valence-electron chi connectivity index (χ1n) is 5.30. The van der Waals surface area contributed by atoms with E-state index in [1.807, 2.05) is 18.4 Å². The number of nitrogens with zero attached hydrogens (tertiary/aromatic N) is 2. The summed E-state index contributed by atoms with van der Waals surface area (Å²) in [5.74, 6) is -0.686. The molecule has 0 spiro atoms. The van der Waals surface area contributed by atoms with Crippen LogP contribution in [-0.4, -0.2) is 31.2 Å². The van der Waals surface area contributed by atoms with Gasteiger partial charge in [0.2, 0.25) is 11.8 Å². The number of carbonyl (C=O) groups excluding carboxylic acids is 2. The highest BCUT2D eigenvalue weighted by Gasteiger charge is 2.24. The predicted molar refractivity (Wildman–Crippen MR) is 68.3 cm³/mol. The number of carbonyl (C=O) groups is 2. The molecule has 1 aromatic rings. The van der Waals surface area contributed by atoms with Gasteiger partial charge in [0.1, 0.15) is 6.07 Å². The zero-order chi connectivity index (χ0) is 13.1. The Bertz CT molecular complexity index is 535. The van der Waals surface area contributed by atoms with Crippen molar-refractivity contribution in [3.05, 3.63) is 23.8 Å². The molecular formula is C12H11N3O2S. The molecule has 0 atom stereocenters. The number of nitrogens with one attached hydrogen (secondary N) is 1. The highest BCUT2D eigenvalue weighted by atomic mass is 32.2. The topological polar surface area (TPSA) is 73.2 Å². The van der Waals surface area contributed by atoms with E-state index in [1.54, 1.807) is 11.0 Å². The summed E-state index contributed by atoms with van der Waals surface area (Å²) in [6.07, 6.45) is 1.88. The molecule has 0 radical (unpaired) electrons. The molecular weight excluding hydrogens is 250 g/mol. The van der Waals surface area contributed by atoms with Crippen LogP contribution in [0.15, 0.2) is 23.1 Å². The van der Waals surface area contributed by atoms with Crippen molar-refractivity contribution in [1.29, 1.82) is 5.26 Å². The molecule has 0 aromatic heterocycles. The largest absolute Gasteiger partial charge is 0.352 e. The number of benzene rings is 1. The third-order valence-corrected chi connectivity index (χ3v) is 3.40. The Labute approximate surface area is 109 Å². The second-order valence-corrected chi connectivity index (χ2v) is 4.64. The molecule has 0 bridgehead atoms. The molecule has 2 amide bonds. The number of hydrogen-bond acceptors (Lipinski definition) is 5. The summed E-state index contributed by atoms with van der Waals surface area (Å²) < 4.78 is 0. The minimum absolute atomic E-state index is 0.0955. The molecule has 1 N–H and O–H groups in total. The molecule has 92 valence electrons. The fourth-order valence-corrected chi connectivity index (χ4v) is 2.44. The summed E-state index contributed by atoms with van der Waals surface area (Å²) in [6, 6.07) is 7.55. The van der Waals surface area contributed by atoms with Crippen LogP contribution in [0.3, 0.4) is 0 Å². The van der Waals surface area contributed by atoms with Gasteiger partial charge in [0, 0.05) is 4.90 Å². The third kappa shape index (κ3) is 2.31. The van der Waals surface area contributed by atoms with Crippen LogP contribution in [0, 0.1) is 11.3 Å². The summed E-state index contributed by atoms with van der Waals surface area (Å²) in [5.41, 5.74) is 1.14. The minimum Gasteiger partial charge on any atom is -0.352 e. The molecule has 1 saturated heterocycles. The Balaban J connectivity index is 2.42. The molecule has 6 heteroatoms. The van der Waals surface area contributed by atoms with Gasteiger partial charge in [-0.05, 0) is 18.4 Å². The van der Waals surface area contributed by atoms with Crippen LogP contribution in [0.25, 0.3) is 0 Å². The number of anilines is 1. The van der Waals surface area contributed by atoms with Crippen molar-refractivity contribution in [2.75, 3.05) is 24.2 Å². The molecule has 1 heterocycles. The number of amides is 2. The summed E-state index contributed by atoms with van der Waals surface area (Å²) in [7, 11) is 0. The van der Waals surface area contributed by atoms with Gasteiger partial charge >= 0.3 is 0 Å². The number of hydrogen-bond donors (Lipinski definition) is 1. The molecule has 5 nitrogen and oxygen atoms in total. The van der Waals surface area contributed by atoms with Crippen molar-refractivity contribution in [2.24, 2.45) is 0 Å². The van der Waals surface area contributed by atoms with Gasteiger partial charge in [-0.2, -0.15) is 5.26 Å². The van der Waals surface area contributed by atoms with Crippen LogP contribution in [0.2, 0.25) is 0 Å². The Kier molecular flexibility index (Phi) is 3.53. The zero-order valence-electron chi connectivity index (χ0n) is 9.77. The highest BCUT2D eigenvalue weighted by molar-refractivity contribution is 7.98. The van der Waals surface area contributed by atoms with Gasteiger partial charge in [-0.1, -0.05) is 6.07 Å². The third-order valence-electron chi connectivity index (χ3n) is 2.62. The van der Waals surface area contributed by atoms with Crippen LogP contribution >= 0.6 is 11.8 Å². The van der Waals surface area contributed by atoms with Crippen molar-refractivity contribution in [1.82, 2.24) is 5.32 Å². The number of piperazine rings is 1. The predicted octanol–water partition coefficient (Wildman–Crippen LogP) is 0.743. The lowest BCUT2D eigenvalue weighted by Crippen LogP contribution is -2.51. The average Bonchev–Trinajstić information content (AvgIpc) is 2.36. The number of imide groups is 1. The second-order valence-electron chi connectivity index (χ2n) is 3.79.